The SMILES string of the molecule is CC.CC.CCc1nccc(C(C)C)n1.OS. The second kappa shape index (κ2) is 17.8. The first-order chi connectivity index (χ1) is 8.24. The van der Waals surface area contributed by atoms with Gasteiger partial charge >= 0.3 is 0 Å². The highest BCUT2D eigenvalue weighted by Crippen LogP contribution is 2.09. The van der Waals surface area contributed by atoms with Crippen molar-refractivity contribution in [2.45, 2.75) is 60.8 Å². The molecule has 0 aliphatic heterocycles. The molecule has 3 nitrogen and oxygen atoms in total. The van der Waals surface area contributed by atoms with Gasteiger partial charge in [0.05, 0.1) is 0 Å². The third kappa shape index (κ3) is 11.6. The molecule has 1 aromatic rings. The van der Waals surface area contributed by atoms with Crippen molar-refractivity contribution in [1.82, 2.24) is 9.97 Å². The van der Waals surface area contributed by atoms with Crippen LogP contribution in [0.1, 0.15) is 65.9 Å². The zero-order chi connectivity index (χ0) is 14.3. The van der Waals surface area contributed by atoms with Gasteiger partial charge in [-0.05, 0) is 24.9 Å². The number of thiol groups is 1. The summed E-state index contributed by atoms with van der Waals surface area (Å²) in [7, 11) is 0. The lowest BCUT2D eigenvalue weighted by Gasteiger charge is -2.03. The number of hydrogen-bond acceptors (Lipinski definition) is 4. The highest BCUT2D eigenvalue weighted by Gasteiger charge is 2.00. The van der Waals surface area contributed by atoms with E-state index in [2.05, 4.69) is 43.6 Å². The van der Waals surface area contributed by atoms with Crippen molar-refractivity contribution in [1.29, 1.82) is 0 Å². The van der Waals surface area contributed by atoms with E-state index in [9.17, 15) is 0 Å². The molecular formula is C13H28N2OS. The molecule has 0 spiro atoms. The second-order valence-corrected chi connectivity index (χ2v) is 2.91. The summed E-state index contributed by atoms with van der Waals surface area (Å²) in [6, 6.07) is 1.98. The fourth-order valence-electron chi connectivity index (χ4n) is 0.907. The molecule has 0 saturated heterocycles. The zero-order valence-electron chi connectivity index (χ0n) is 12.2. The normalized spacial score (nSPS) is 7.88. The summed E-state index contributed by atoms with van der Waals surface area (Å²) < 4.78 is 6.69. The van der Waals surface area contributed by atoms with Gasteiger partial charge in [-0.3, -0.25) is 0 Å². The zero-order valence-corrected chi connectivity index (χ0v) is 13.1. The van der Waals surface area contributed by atoms with Gasteiger partial charge in [-0.25, -0.2) is 9.97 Å². The number of aromatic nitrogens is 2. The second-order valence-electron chi connectivity index (χ2n) is 2.91. The van der Waals surface area contributed by atoms with Crippen molar-refractivity contribution in [2.24, 2.45) is 0 Å². The molecule has 0 aromatic carbocycles. The summed E-state index contributed by atoms with van der Waals surface area (Å²) in [4.78, 5) is 8.51. The predicted octanol–water partition coefficient (Wildman–Crippen LogP) is 4.60. The largest absolute Gasteiger partial charge is 0.333 e. The molecule has 0 amide bonds. The van der Waals surface area contributed by atoms with Gasteiger partial charge in [-0.2, -0.15) is 0 Å². The molecule has 1 rings (SSSR count). The molecule has 0 aliphatic rings. The number of nitrogens with zero attached hydrogens (tertiary/aromatic N) is 2. The quantitative estimate of drug-likeness (QED) is 0.603. The Hall–Kier alpha value is -0.610. The lowest BCUT2D eigenvalue weighted by molar-refractivity contribution is 0.679. The van der Waals surface area contributed by atoms with Gasteiger partial charge in [0, 0.05) is 18.3 Å². The van der Waals surface area contributed by atoms with Gasteiger partial charge in [0.15, 0.2) is 0 Å². The van der Waals surface area contributed by atoms with Gasteiger partial charge in [0.2, 0.25) is 0 Å². The molecule has 0 atom stereocenters. The van der Waals surface area contributed by atoms with E-state index in [1.807, 2.05) is 40.0 Å². The Morgan fingerprint density at radius 3 is 2.00 bits per heavy atom. The molecule has 102 valence electrons. The molecule has 17 heavy (non-hydrogen) atoms. The first kappa shape index (κ1) is 21.7. The Morgan fingerprint density at radius 1 is 1.18 bits per heavy atom. The van der Waals surface area contributed by atoms with Crippen LogP contribution in [0.4, 0.5) is 0 Å². The van der Waals surface area contributed by atoms with Gasteiger partial charge < -0.3 is 4.55 Å². The Bertz CT molecular complexity index is 243. The molecule has 0 radical (unpaired) electrons. The standard InChI is InChI=1S/C9H14N2.2C2H6.H2OS/c1-4-9-10-6-5-8(11-9)7(2)3;3*1-2/h5-7H,4H2,1-3H3;2*1-2H3;1-2H. The molecule has 0 unspecified atom stereocenters. The summed E-state index contributed by atoms with van der Waals surface area (Å²) in [5, 5.41) is 0. The number of hydrogen-bond donors (Lipinski definition) is 2. The minimum absolute atomic E-state index is 0.503. The lowest BCUT2D eigenvalue weighted by atomic mass is 10.1. The Morgan fingerprint density at radius 2 is 1.65 bits per heavy atom. The van der Waals surface area contributed by atoms with Crippen LogP contribution in [0.25, 0.3) is 0 Å². The number of aryl methyl sites for hydroxylation is 1. The Balaban J connectivity index is -0.000000285. The smallest absolute Gasteiger partial charge is 0.128 e. The first-order valence-corrected chi connectivity index (χ1v) is 6.66. The van der Waals surface area contributed by atoms with E-state index < -0.39 is 0 Å². The maximum absolute atomic E-state index is 6.69. The summed E-state index contributed by atoms with van der Waals surface area (Å²) in [6.07, 6.45) is 2.75. The summed E-state index contributed by atoms with van der Waals surface area (Å²) >= 11 is 2.53. The maximum Gasteiger partial charge on any atom is 0.128 e. The van der Waals surface area contributed by atoms with E-state index in [4.69, 9.17) is 4.55 Å². The van der Waals surface area contributed by atoms with E-state index in [1.54, 1.807) is 0 Å². The van der Waals surface area contributed by atoms with Crippen LogP contribution in [0.15, 0.2) is 12.3 Å². The minimum Gasteiger partial charge on any atom is -0.333 e. The van der Waals surface area contributed by atoms with E-state index in [1.165, 1.54) is 0 Å². The number of rotatable bonds is 2. The lowest BCUT2D eigenvalue weighted by Crippen LogP contribution is -1.98. The average molecular weight is 260 g/mol. The van der Waals surface area contributed by atoms with E-state index in [0.717, 1.165) is 17.9 Å². The van der Waals surface area contributed by atoms with Crippen LogP contribution in [0.2, 0.25) is 0 Å². The van der Waals surface area contributed by atoms with E-state index in [0.29, 0.717) is 5.92 Å². The van der Waals surface area contributed by atoms with Gasteiger partial charge in [0.25, 0.3) is 0 Å². The van der Waals surface area contributed by atoms with Crippen LogP contribution >= 0.6 is 12.9 Å². The topological polar surface area (TPSA) is 46.0 Å². The molecule has 1 N–H and O–H groups in total. The van der Waals surface area contributed by atoms with Gasteiger partial charge in [-0.1, -0.05) is 48.5 Å². The molecule has 4 heteroatoms. The first-order valence-electron chi connectivity index (χ1n) is 6.26. The van der Waals surface area contributed by atoms with Crippen LogP contribution < -0.4 is 0 Å². The molecule has 0 fully saturated rings. The van der Waals surface area contributed by atoms with Crippen LogP contribution in [-0.4, -0.2) is 14.5 Å². The summed E-state index contributed by atoms with van der Waals surface area (Å²) in [5.74, 6) is 1.44. The van der Waals surface area contributed by atoms with Crippen molar-refractivity contribution in [3.8, 4) is 0 Å². The molecule has 0 aliphatic carbocycles. The molecule has 0 bridgehead atoms. The molecule has 1 aromatic heterocycles. The highest BCUT2D eigenvalue weighted by molar-refractivity contribution is 7.74. The fourth-order valence-corrected chi connectivity index (χ4v) is 0.907. The van der Waals surface area contributed by atoms with Crippen LogP contribution in [0.3, 0.4) is 0 Å². The van der Waals surface area contributed by atoms with Crippen molar-refractivity contribution in [3.05, 3.63) is 23.8 Å². The van der Waals surface area contributed by atoms with Gasteiger partial charge in [-0.15, -0.1) is 0 Å². The minimum atomic E-state index is 0.503. The summed E-state index contributed by atoms with van der Waals surface area (Å²) in [5.41, 5.74) is 1.14. The monoisotopic (exact) mass is 260 g/mol. The van der Waals surface area contributed by atoms with Crippen molar-refractivity contribution < 1.29 is 4.55 Å². The van der Waals surface area contributed by atoms with Crippen LogP contribution in [0, 0.1) is 0 Å². The molecule has 1 heterocycles. The highest BCUT2D eigenvalue weighted by atomic mass is 32.1. The molecule has 0 saturated carbocycles. The molecular weight excluding hydrogens is 232 g/mol. The van der Waals surface area contributed by atoms with Gasteiger partial charge in [0.1, 0.15) is 5.82 Å². The van der Waals surface area contributed by atoms with Crippen molar-refractivity contribution in [3.63, 3.8) is 0 Å². The third-order valence-electron chi connectivity index (χ3n) is 1.63. The average Bonchev–Trinajstić information content (AvgIpc) is 2.45. The van der Waals surface area contributed by atoms with Crippen LogP contribution in [-0.2, 0) is 6.42 Å². The summed E-state index contributed by atoms with van der Waals surface area (Å²) in [6.45, 7) is 14.4. The van der Waals surface area contributed by atoms with Crippen LogP contribution in [0.5, 0.6) is 0 Å². The predicted molar refractivity (Wildman–Crippen MR) is 79.8 cm³/mol. The van der Waals surface area contributed by atoms with E-state index >= 15 is 0 Å². The van der Waals surface area contributed by atoms with Crippen molar-refractivity contribution in [2.75, 3.05) is 0 Å². The maximum atomic E-state index is 6.69. The Kier molecular flexibility index (Phi) is 22.6. The third-order valence-corrected chi connectivity index (χ3v) is 1.63. The van der Waals surface area contributed by atoms with Crippen molar-refractivity contribution >= 4 is 12.9 Å². The Labute approximate surface area is 112 Å². The van der Waals surface area contributed by atoms with E-state index in [-0.39, 0.29) is 0 Å². The fraction of sp³-hybridized carbons (Fsp3) is 0.692.